The van der Waals surface area contributed by atoms with E-state index in [0.717, 1.165) is 18.0 Å². The molecule has 0 aliphatic carbocycles. The van der Waals surface area contributed by atoms with Gasteiger partial charge in [0.2, 0.25) is 0 Å². The molecule has 0 bridgehead atoms. The van der Waals surface area contributed by atoms with Crippen LogP contribution in [0.25, 0.3) is 0 Å². The monoisotopic (exact) mass is 251 g/mol. The van der Waals surface area contributed by atoms with Crippen LogP contribution in [-0.2, 0) is 6.54 Å². The summed E-state index contributed by atoms with van der Waals surface area (Å²) >= 11 is 0. The molecule has 0 saturated heterocycles. The minimum absolute atomic E-state index is 0.517. The summed E-state index contributed by atoms with van der Waals surface area (Å²) in [5.41, 5.74) is 1.21. The third-order valence-electron chi connectivity index (χ3n) is 3.57. The summed E-state index contributed by atoms with van der Waals surface area (Å²) in [6, 6.07) is 6.56. The van der Waals surface area contributed by atoms with Crippen molar-refractivity contribution in [3.8, 4) is 11.5 Å². The highest BCUT2D eigenvalue weighted by Gasteiger charge is 2.10. The second-order valence-electron chi connectivity index (χ2n) is 4.74. The standard InChI is InChI=1S/C15H25NO2/c1-6-11(2)12(3)16-10-13-7-8-14(17-4)15(9-13)18-5/h7-9,11-12,16H,6,10H2,1-5H3. The molecule has 0 radical (unpaired) electrons. The number of nitrogens with one attached hydrogen (secondary N) is 1. The van der Waals surface area contributed by atoms with Crippen LogP contribution in [0.4, 0.5) is 0 Å². The fourth-order valence-electron chi connectivity index (χ4n) is 1.82. The predicted molar refractivity (Wildman–Crippen MR) is 75.3 cm³/mol. The zero-order chi connectivity index (χ0) is 13.5. The molecule has 0 aromatic heterocycles. The molecular weight excluding hydrogens is 226 g/mol. The Bertz CT molecular complexity index is 366. The van der Waals surface area contributed by atoms with Crippen LogP contribution in [0.2, 0.25) is 0 Å². The van der Waals surface area contributed by atoms with Crippen molar-refractivity contribution in [1.82, 2.24) is 5.32 Å². The summed E-state index contributed by atoms with van der Waals surface area (Å²) in [4.78, 5) is 0. The average Bonchev–Trinajstić information content (AvgIpc) is 2.43. The molecule has 1 rings (SSSR count). The molecule has 2 atom stereocenters. The molecule has 0 aliphatic rings. The summed E-state index contributed by atoms with van der Waals surface area (Å²) in [7, 11) is 3.32. The van der Waals surface area contributed by atoms with Crippen LogP contribution < -0.4 is 14.8 Å². The Balaban J connectivity index is 2.63. The molecule has 0 heterocycles. The van der Waals surface area contributed by atoms with E-state index < -0.39 is 0 Å². The Labute approximate surface area is 110 Å². The van der Waals surface area contributed by atoms with Crippen molar-refractivity contribution >= 4 is 0 Å². The molecule has 3 nitrogen and oxygen atoms in total. The summed E-state index contributed by atoms with van der Waals surface area (Å²) in [6.07, 6.45) is 1.19. The van der Waals surface area contributed by atoms with Crippen LogP contribution in [-0.4, -0.2) is 20.3 Å². The summed E-state index contributed by atoms with van der Waals surface area (Å²) < 4.78 is 10.5. The number of hydrogen-bond acceptors (Lipinski definition) is 3. The molecule has 2 unspecified atom stereocenters. The van der Waals surface area contributed by atoms with Crippen molar-refractivity contribution < 1.29 is 9.47 Å². The summed E-state index contributed by atoms with van der Waals surface area (Å²) in [6.45, 7) is 7.58. The van der Waals surface area contributed by atoms with E-state index in [4.69, 9.17) is 9.47 Å². The largest absolute Gasteiger partial charge is 0.493 e. The van der Waals surface area contributed by atoms with Crippen LogP contribution in [0, 0.1) is 5.92 Å². The lowest BCUT2D eigenvalue weighted by Crippen LogP contribution is -2.31. The van der Waals surface area contributed by atoms with Gasteiger partial charge in [0.05, 0.1) is 14.2 Å². The predicted octanol–water partition coefficient (Wildman–Crippen LogP) is 3.23. The smallest absolute Gasteiger partial charge is 0.161 e. The number of methoxy groups -OCH3 is 2. The maximum atomic E-state index is 5.30. The van der Waals surface area contributed by atoms with E-state index in [-0.39, 0.29) is 0 Å². The average molecular weight is 251 g/mol. The lowest BCUT2D eigenvalue weighted by atomic mass is 10.0. The van der Waals surface area contributed by atoms with Gasteiger partial charge < -0.3 is 14.8 Å². The molecule has 3 heteroatoms. The lowest BCUT2D eigenvalue weighted by molar-refractivity contribution is 0.353. The SMILES string of the molecule is CCC(C)C(C)NCc1ccc(OC)c(OC)c1. The molecule has 0 fully saturated rings. The van der Waals surface area contributed by atoms with Gasteiger partial charge in [0, 0.05) is 12.6 Å². The number of rotatable bonds is 7. The van der Waals surface area contributed by atoms with E-state index in [0.29, 0.717) is 12.0 Å². The molecule has 0 spiro atoms. The van der Waals surface area contributed by atoms with E-state index >= 15 is 0 Å². The fraction of sp³-hybridized carbons (Fsp3) is 0.600. The molecule has 1 aromatic rings. The summed E-state index contributed by atoms with van der Waals surface area (Å²) in [5.74, 6) is 2.24. The van der Waals surface area contributed by atoms with Gasteiger partial charge in [0.1, 0.15) is 0 Å². The molecule has 102 valence electrons. The van der Waals surface area contributed by atoms with Gasteiger partial charge in [-0.15, -0.1) is 0 Å². The minimum atomic E-state index is 0.517. The van der Waals surface area contributed by atoms with Crippen LogP contribution >= 0.6 is 0 Å². The maximum Gasteiger partial charge on any atom is 0.161 e. The topological polar surface area (TPSA) is 30.5 Å². The van der Waals surface area contributed by atoms with Gasteiger partial charge in [-0.1, -0.05) is 26.3 Å². The van der Waals surface area contributed by atoms with Crippen molar-refractivity contribution in [1.29, 1.82) is 0 Å². The van der Waals surface area contributed by atoms with E-state index in [1.807, 2.05) is 12.1 Å². The maximum absolute atomic E-state index is 5.30. The van der Waals surface area contributed by atoms with Gasteiger partial charge in [-0.25, -0.2) is 0 Å². The highest BCUT2D eigenvalue weighted by molar-refractivity contribution is 5.42. The van der Waals surface area contributed by atoms with Crippen LogP contribution in [0.1, 0.15) is 32.8 Å². The van der Waals surface area contributed by atoms with E-state index in [1.54, 1.807) is 14.2 Å². The molecular formula is C15H25NO2. The highest BCUT2D eigenvalue weighted by atomic mass is 16.5. The Morgan fingerprint density at radius 1 is 1.11 bits per heavy atom. The zero-order valence-electron chi connectivity index (χ0n) is 12.1. The second kappa shape index (κ2) is 7.27. The first-order valence-electron chi connectivity index (χ1n) is 6.56. The Hall–Kier alpha value is -1.22. The Morgan fingerprint density at radius 2 is 1.78 bits per heavy atom. The normalized spacial score (nSPS) is 14.1. The van der Waals surface area contributed by atoms with Crippen LogP contribution in [0.15, 0.2) is 18.2 Å². The Kier molecular flexibility index (Phi) is 5.99. The number of benzene rings is 1. The van der Waals surface area contributed by atoms with Crippen molar-refractivity contribution in [2.75, 3.05) is 14.2 Å². The first-order valence-corrected chi connectivity index (χ1v) is 6.56. The van der Waals surface area contributed by atoms with Crippen LogP contribution in [0.3, 0.4) is 0 Å². The van der Waals surface area contributed by atoms with Crippen molar-refractivity contribution in [3.05, 3.63) is 23.8 Å². The Morgan fingerprint density at radius 3 is 2.33 bits per heavy atom. The summed E-state index contributed by atoms with van der Waals surface area (Å²) in [5, 5.41) is 3.54. The van der Waals surface area contributed by atoms with E-state index in [2.05, 4.69) is 32.2 Å². The van der Waals surface area contributed by atoms with Gasteiger partial charge in [-0.2, -0.15) is 0 Å². The molecule has 0 saturated carbocycles. The lowest BCUT2D eigenvalue weighted by Gasteiger charge is -2.20. The first-order chi connectivity index (χ1) is 8.62. The fourth-order valence-corrected chi connectivity index (χ4v) is 1.82. The quantitative estimate of drug-likeness (QED) is 0.807. The van der Waals surface area contributed by atoms with Crippen molar-refractivity contribution in [2.45, 2.75) is 39.8 Å². The molecule has 1 N–H and O–H groups in total. The van der Waals surface area contributed by atoms with E-state index in [9.17, 15) is 0 Å². The van der Waals surface area contributed by atoms with Gasteiger partial charge >= 0.3 is 0 Å². The molecule has 0 aliphatic heterocycles. The number of hydrogen-bond donors (Lipinski definition) is 1. The van der Waals surface area contributed by atoms with E-state index in [1.165, 1.54) is 12.0 Å². The second-order valence-corrected chi connectivity index (χ2v) is 4.74. The van der Waals surface area contributed by atoms with Crippen LogP contribution in [0.5, 0.6) is 11.5 Å². The molecule has 1 aromatic carbocycles. The highest BCUT2D eigenvalue weighted by Crippen LogP contribution is 2.27. The van der Waals surface area contributed by atoms with Crippen molar-refractivity contribution in [2.24, 2.45) is 5.92 Å². The van der Waals surface area contributed by atoms with Gasteiger partial charge in [0.25, 0.3) is 0 Å². The first kappa shape index (κ1) is 14.8. The molecule has 0 amide bonds. The molecule has 18 heavy (non-hydrogen) atoms. The van der Waals surface area contributed by atoms with Gasteiger partial charge in [-0.3, -0.25) is 0 Å². The van der Waals surface area contributed by atoms with Gasteiger partial charge in [0.15, 0.2) is 11.5 Å². The zero-order valence-corrected chi connectivity index (χ0v) is 12.1. The minimum Gasteiger partial charge on any atom is -0.493 e. The van der Waals surface area contributed by atoms with Crippen molar-refractivity contribution in [3.63, 3.8) is 0 Å². The third kappa shape index (κ3) is 3.91. The number of ether oxygens (including phenoxy) is 2. The third-order valence-corrected chi connectivity index (χ3v) is 3.57. The van der Waals surface area contributed by atoms with Gasteiger partial charge in [-0.05, 0) is 30.5 Å².